The van der Waals surface area contributed by atoms with Crippen molar-refractivity contribution in [3.8, 4) is 0 Å². The van der Waals surface area contributed by atoms with E-state index in [2.05, 4.69) is 20.7 Å². The molecular formula is C17H18BrNO4S. The SMILES string of the molecule is Cc1cc(S(=O)(=O)Nc2cccc(C(=O)O)c2)c(C(C)C)cc1Br. The zero-order valence-corrected chi connectivity index (χ0v) is 15.9. The van der Waals surface area contributed by atoms with Gasteiger partial charge in [0.25, 0.3) is 10.0 Å². The van der Waals surface area contributed by atoms with Crippen LogP contribution in [-0.4, -0.2) is 19.5 Å². The minimum absolute atomic E-state index is 0.0128. The Labute approximate surface area is 149 Å². The van der Waals surface area contributed by atoms with Crippen molar-refractivity contribution in [1.29, 1.82) is 0 Å². The van der Waals surface area contributed by atoms with Gasteiger partial charge in [-0.2, -0.15) is 0 Å². The molecule has 7 heteroatoms. The Morgan fingerprint density at radius 3 is 2.46 bits per heavy atom. The molecule has 2 aromatic rings. The summed E-state index contributed by atoms with van der Waals surface area (Å²) in [5, 5.41) is 9.03. The van der Waals surface area contributed by atoms with Gasteiger partial charge in [0.15, 0.2) is 0 Å². The number of halogens is 1. The number of nitrogens with one attached hydrogen (secondary N) is 1. The van der Waals surface area contributed by atoms with Gasteiger partial charge in [-0.3, -0.25) is 4.72 Å². The summed E-state index contributed by atoms with van der Waals surface area (Å²) in [5.41, 5.74) is 1.73. The summed E-state index contributed by atoms with van der Waals surface area (Å²) >= 11 is 3.43. The third kappa shape index (κ3) is 3.96. The molecule has 24 heavy (non-hydrogen) atoms. The van der Waals surface area contributed by atoms with Crippen molar-refractivity contribution in [2.75, 3.05) is 4.72 Å². The van der Waals surface area contributed by atoms with Gasteiger partial charge in [0, 0.05) is 10.2 Å². The van der Waals surface area contributed by atoms with E-state index in [0.717, 1.165) is 10.0 Å². The number of aromatic carboxylic acids is 1. The molecular weight excluding hydrogens is 394 g/mol. The molecule has 128 valence electrons. The first kappa shape index (κ1) is 18.5. The van der Waals surface area contributed by atoms with Gasteiger partial charge >= 0.3 is 5.97 Å². The van der Waals surface area contributed by atoms with Crippen LogP contribution >= 0.6 is 15.9 Å². The third-order valence-electron chi connectivity index (χ3n) is 3.56. The van der Waals surface area contributed by atoms with Crippen LogP contribution in [0.1, 0.15) is 41.3 Å². The van der Waals surface area contributed by atoms with Gasteiger partial charge in [-0.15, -0.1) is 0 Å². The number of carbonyl (C=O) groups is 1. The Morgan fingerprint density at radius 1 is 1.21 bits per heavy atom. The van der Waals surface area contributed by atoms with E-state index in [-0.39, 0.29) is 22.1 Å². The van der Waals surface area contributed by atoms with Crippen LogP contribution in [0.15, 0.2) is 45.8 Å². The van der Waals surface area contributed by atoms with Crippen LogP contribution in [0.25, 0.3) is 0 Å². The van der Waals surface area contributed by atoms with Crippen molar-refractivity contribution < 1.29 is 18.3 Å². The number of carboxylic acids is 1. The minimum Gasteiger partial charge on any atom is -0.478 e. The molecule has 0 spiro atoms. The molecule has 0 unspecified atom stereocenters. The molecule has 2 aromatic carbocycles. The first-order chi connectivity index (χ1) is 11.1. The maximum absolute atomic E-state index is 12.8. The summed E-state index contributed by atoms with van der Waals surface area (Å²) in [4.78, 5) is 11.2. The molecule has 0 radical (unpaired) electrons. The van der Waals surface area contributed by atoms with E-state index < -0.39 is 16.0 Å². The van der Waals surface area contributed by atoms with Crippen molar-refractivity contribution in [2.45, 2.75) is 31.6 Å². The van der Waals surface area contributed by atoms with E-state index in [1.165, 1.54) is 24.3 Å². The highest BCUT2D eigenvalue weighted by Gasteiger charge is 2.22. The maximum Gasteiger partial charge on any atom is 0.335 e. The summed E-state index contributed by atoms with van der Waals surface area (Å²) in [6.45, 7) is 5.65. The predicted molar refractivity (Wildman–Crippen MR) is 97.2 cm³/mol. The Bertz CT molecular complexity index is 891. The first-order valence-corrected chi connectivity index (χ1v) is 9.55. The lowest BCUT2D eigenvalue weighted by Gasteiger charge is -2.16. The van der Waals surface area contributed by atoms with E-state index in [9.17, 15) is 13.2 Å². The van der Waals surface area contributed by atoms with Crippen molar-refractivity contribution in [1.82, 2.24) is 0 Å². The van der Waals surface area contributed by atoms with Crippen molar-refractivity contribution in [2.24, 2.45) is 0 Å². The van der Waals surface area contributed by atoms with Crippen molar-refractivity contribution in [3.05, 3.63) is 57.6 Å². The van der Waals surface area contributed by atoms with Gasteiger partial charge in [-0.1, -0.05) is 35.8 Å². The van der Waals surface area contributed by atoms with E-state index >= 15 is 0 Å². The lowest BCUT2D eigenvalue weighted by atomic mass is 10.0. The van der Waals surface area contributed by atoms with Crippen LogP contribution in [0.2, 0.25) is 0 Å². The average Bonchev–Trinajstić information content (AvgIpc) is 2.49. The number of benzene rings is 2. The fourth-order valence-corrected chi connectivity index (χ4v) is 4.13. The van der Waals surface area contributed by atoms with Gasteiger partial charge in [0.1, 0.15) is 0 Å². The van der Waals surface area contributed by atoms with Gasteiger partial charge in [-0.05, 0) is 54.3 Å². The van der Waals surface area contributed by atoms with Crippen LogP contribution in [0.3, 0.4) is 0 Å². The lowest BCUT2D eigenvalue weighted by molar-refractivity contribution is 0.0697. The third-order valence-corrected chi connectivity index (χ3v) is 5.86. The molecule has 0 fully saturated rings. The number of anilines is 1. The van der Waals surface area contributed by atoms with Crippen molar-refractivity contribution >= 4 is 37.6 Å². The van der Waals surface area contributed by atoms with Gasteiger partial charge < -0.3 is 5.11 Å². The summed E-state index contributed by atoms with van der Waals surface area (Å²) < 4.78 is 28.9. The quantitative estimate of drug-likeness (QED) is 0.764. The topological polar surface area (TPSA) is 83.5 Å². The maximum atomic E-state index is 12.8. The van der Waals surface area contributed by atoms with Crippen LogP contribution in [0, 0.1) is 6.92 Å². The van der Waals surface area contributed by atoms with E-state index in [1.807, 2.05) is 26.8 Å². The lowest BCUT2D eigenvalue weighted by Crippen LogP contribution is -2.16. The highest BCUT2D eigenvalue weighted by molar-refractivity contribution is 9.10. The second kappa shape index (κ2) is 6.94. The molecule has 5 nitrogen and oxygen atoms in total. The first-order valence-electron chi connectivity index (χ1n) is 7.28. The second-order valence-electron chi connectivity index (χ2n) is 5.79. The summed E-state index contributed by atoms with van der Waals surface area (Å²) in [7, 11) is -3.83. The Hall–Kier alpha value is -1.86. The average molecular weight is 412 g/mol. The summed E-state index contributed by atoms with van der Waals surface area (Å²) in [5.74, 6) is -1.10. The number of hydrogen-bond acceptors (Lipinski definition) is 3. The fraction of sp³-hybridized carbons (Fsp3) is 0.235. The molecule has 0 aromatic heterocycles. The number of carboxylic acid groups (broad SMARTS) is 1. The smallest absolute Gasteiger partial charge is 0.335 e. The van der Waals surface area contributed by atoms with Crippen LogP contribution < -0.4 is 4.72 Å². The summed E-state index contributed by atoms with van der Waals surface area (Å²) in [6, 6.07) is 9.14. The summed E-state index contributed by atoms with van der Waals surface area (Å²) in [6.07, 6.45) is 0. The predicted octanol–water partition coefficient (Wildman–Crippen LogP) is 4.38. The molecule has 2 N–H and O–H groups in total. The van der Waals surface area contributed by atoms with Crippen molar-refractivity contribution in [3.63, 3.8) is 0 Å². The van der Waals surface area contributed by atoms with Gasteiger partial charge in [-0.25, -0.2) is 13.2 Å². The molecule has 0 atom stereocenters. The second-order valence-corrected chi connectivity index (χ2v) is 8.29. The molecule has 0 saturated heterocycles. The number of hydrogen-bond donors (Lipinski definition) is 2. The zero-order valence-electron chi connectivity index (χ0n) is 13.5. The monoisotopic (exact) mass is 411 g/mol. The number of rotatable bonds is 5. The highest BCUT2D eigenvalue weighted by Crippen LogP contribution is 2.31. The molecule has 0 saturated carbocycles. The van der Waals surface area contributed by atoms with Crippen LogP contribution in [0.4, 0.5) is 5.69 Å². The molecule has 2 rings (SSSR count). The largest absolute Gasteiger partial charge is 0.478 e. The Morgan fingerprint density at radius 2 is 1.88 bits per heavy atom. The Kier molecular flexibility index (Phi) is 5.35. The standard InChI is InChI=1S/C17H18BrNO4S/c1-10(2)14-9-15(18)11(3)7-16(14)24(22,23)19-13-6-4-5-12(8-13)17(20)21/h4-10,19H,1-3H3,(H,20,21). The van der Waals surface area contributed by atoms with E-state index in [4.69, 9.17) is 5.11 Å². The Balaban J connectivity index is 2.50. The zero-order chi connectivity index (χ0) is 18.1. The molecule has 0 heterocycles. The van der Waals surface area contributed by atoms with E-state index in [0.29, 0.717) is 5.56 Å². The minimum atomic E-state index is -3.83. The highest BCUT2D eigenvalue weighted by atomic mass is 79.9. The molecule has 0 aliphatic rings. The molecule has 0 aliphatic carbocycles. The van der Waals surface area contributed by atoms with Gasteiger partial charge in [0.2, 0.25) is 0 Å². The number of aryl methyl sites for hydroxylation is 1. The molecule has 0 aliphatic heterocycles. The van der Waals surface area contributed by atoms with Crippen LogP contribution in [0.5, 0.6) is 0 Å². The molecule has 0 amide bonds. The van der Waals surface area contributed by atoms with Gasteiger partial charge in [0.05, 0.1) is 10.5 Å². The molecule has 0 bridgehead atoms. The number of sulfonamides is 1. The van der Waals surface area contributed by atoms with E-state index in [1.54, 1.807) is 6.07 Å². The normalized spacial score (nSPS) is 11.5. The fourth-order valence-electron chi connectivity index (χ4n) is 2.28. The van der Waals surface area contributed by atoms with Crippen LogP contribution in [-0.2, 0) is 10.0 Å².